The zero-order valence-electron chi connectivity index (χ0n) is 13.9. The van der Waals surface area contributed by atoms with Crippen molar-refractivity contribution in [2.75, 3.05) is 18.4 Å². The molecule has 0 unspecified atom stereocenters. The smallest absolute Gasteiger partial charge is 0.412 e. The summed E-state index contributed by atoms with van der Waals surface area (Å²) < 4.78 is 5.13. The number of benzene rings is 1. The Morgan fingerprint density at radius 2 is 1.65 bits per heavy atom. The van der Waals surface area contributed by atoms with Crippen LogP contribution in [0.3, 0.4) is 0 Å². The van der Waals surface area contributed by atoms with Gasteiger partial charge in [-0.2, -0.15) is 0 Å². The number of carbonyl (C=O) groups is 3. The van der Waals surface area contributed by atoms with E-state index in [1.807, 2.05) is 0 Å². The molecule has 0 atom stereocenters. The summed E-state index contributed by atoms with van der Waals surface area (Å²) in [6.45, 7) is 7.55. The van der Waals surface area contributed by atoms with Crippen molar-refractivity contribution in [3.63, 3.8) is 0 Å². The lowest BCUT2D eigenvalue weighted by Gasteiger charge is -2.19. The van der Waals surface area contributed by atoms with Gasteiger partial charge in [0.15, 0.2) is 0 Å². The molecule has 3 N–H and O–H groups in total. The van der Waals surface area contributed by atoms with Gasteiger partial charge < -0.3 is 15.4 Å². The summed E-state index contributed by atoms with van der Waals surface area (Å²) in [5.74, 6) is -0.607. The molecule has 7 heteroatoms. The highest BCUT2D eigenvalue weighted by Crippen LogP contribution is 2.13. The number of anilines is 1. The van der Waals surface area contributed by atoms with Crippen molar-refractivity contribution in [3.8, 4) is 0 Å². The minimum absolute atomic E-state index is 0.0788. The summed E-state index contributed by atoms with van der Waals surface area (Å²) in [5, 5.41) is 7.67. The molecule has 0 saturated carbocycles. The summed E-state index contributed by atoms with van der Waals surface area (Å²) in [4.78, 5) is 34.8. The van der Waals surface area contributed by atoms with Crippen LogP contribution in [0.2, 0.25) is 0 Å². The predicted octanol–water partition coefficient (Wildman–Crippen LogP) is 1.90. The Bertz CT molecular complexity index is 562. The Labute approximate surface area is 135 Å². The van der Waals surface area contributed by atoms with E-state index in [4.69, 9.17) is 4.74 Å². The van der Waals surface area contributed by atoms with E-state index in [-0.39, 0.29) is 18.4 Å². The normalized spacial score (nSPS) is 10.6. The first kappa shape index (κ1) is 18.5. The average molecular weight is 321 g/mol. The van der Waals surface area contributed by atoms with Crippen molar-refractivity contribution < 1.29 is 19.1 Å². The van der Waals surface area contributed by atoms with Crippen LogP contribution in [0.5, 0.6) is 0 Å². The minimum Gasteiger partial charge on any atom is -0.444 e. The van der Waals surface area contributed by atoms with E-state index >= 15 is 0 Å². The van der Waals surface area contributed by atoms with E-state index in [9.17, 15) is 14.4 Å². The molecule has 0 aliphatic heterocycles. The summed E-state index contributed by atoms with van der Waals surface area (Å²) >= 11 is 0. The van der Waals surface area contributed by atoms with E-state index in [2.05, 4.69) is 16.0 Å². The molecule has 23 heavy (non-hydrogen) atoms. The molecular formula is C16H23N3O4. The zero-order valence-corrected chi connectivity index (χ0v) is 13.9. The van der Waals surface area contributed by atoms with Crippen molar-refractivity contribution in [2.24, 2.45) is 0 Å². The SMILES string of the molecule is CCNC(=O)CNC(=O)c1ccc(NC(=O)OC(C)(C)C)cc1. The van der Waals surface area contributed by atoms with Gasteiger partial charge in [-0.25, -0.2) is 4.79 Å². The maximum absolute atomic E-state index is 11.9. The number of ether oxygens (including phenoxy) is 1. The van der Waals surface area contributed by atoms with Crippen LogP contribution < -0.4 is 16.0 Å². The monoisotopic (exact) mass is 321 g/mol. The quantitative estimate of drug-likeness (QED) is 0.771. The van der Waals surface area contributed by atoms with Gasteiger partial charge >= 0.3 is 6.09 Å². The van der Waals surface area contributed by atoms with Crippen molar-refractivity contribution in [1.29, 1.82) is 0 Å². The number of hydrogen-bond acceptors (Lipinski definition) is 4. The average Bonchev–Trinajstić information content (AvgIpc) is 2.44. The lowest BCUT2D eigenvalue weighted by Crippen LogP contribution is -2.36. The van der Waals surface area contributed by atoms with Crippen molar-refractivity contribution in [1.82, 2.24) is 10.6 Å². The Kier molecular flexibility index (Phi) is 6.56. The largest absolute Gasteiger partial charge is 0.444 e. The fourth-order valence-electron chi connectivity index (χ4n) is 1.65. The van der Waals surface area contributed by atoms with E-state index in [1.165, 1.54) is 0 Å². The standard InChI is InChI=1S/C16H23N3O4/c1-5-17-13(20)10-18-14(21)11-6-8-12(9-7-11)19-15(22)23-16(2,3)4/h6-9H,5,10H2,1-4H3,(H,17,20)(H,18,21)(H,19,22). The topological polar surface area (TPSA) is 96.5 Å². The molecule has 0 spiro atoms. The molecule has 7 nitrogen and oxygen atoms in total. The van der Waals surface area contributed by atoms with Gasteiger partial charge in [0.25, 0.3) is 5.91 Å². The van der Waals surface area contributed by atoms with Crippen molar-refractivity contribution >= 4 is 23.6 Å². The molecule has 0 bridgehead atoms. The molecular weight excluding hydrogens is 298 g/mol. The molecule has 0 heterocycles. The van der Waals surface area contributed by atoms with Crippen molar-refractivity contribution in [3.05, 3.63) is 29.8 Å². The second-order valence-corrected chi connectivity index (χ2v) is 5.84. The number of amides is 3. The van der Waals surface area contributed by atoms with Gasteiger partial charge in [-0.1, -0.05) is 0 Å². The maximum Gasteiger partial charge on any atom is 0.412 e. The minimum atomic E-state index is -0.580. The molecule has 126 valence electrons. The first-order valence-corrected chi connectivity index (χ1v) is 7.36. The number of likely N-dealkylation sites (N-methyl/N-ethyl adjacent to an activating group) is 1. The first-order valence-electron chi connectivity index (χ1n) is 7.36. The highest BCUT2D eigenvalue weighted by Gasteiger charge is 2.16. The third-order valence-corrected chi connectivity index (χ3v) is 2.58. The number of nitrogens with one attached hydrogen (secondary N) is 3. The Morgan fingerprint density at radius 1 is 1.04 bits per heavy atom. The third-order valence-electron chi connectivity index (χ3n) is 2.58. The highest BCUT2D eigenvalue weighted by molar-refractivity contribution is 5.97. The molecule has 0 fully saturated rings. The highest BCUT2D eigenvalue weighted by atomic mass is 16.6. The van der Waals surface area contributed by atoms with E-state index in [0.717, 1.165) is 0 Å². The lowest BCUT2D eigenvalue weighted by atomic mass is 10.2. The molecule has 0 aliphatic rings. The van der Waals surface area contributed by atoms with Crippen LogP contribution in [0.25, 0.3) is 0 Å². The molecule has 1 rings (SSSR count). The fraction of sp³-hybridized carbons (Fsp3) is 0.438. The molecule has 0 radical (unpaired) electrons. The Morgan fingerprint density at radius 3 is 2.17 bits per heavy atom. The van der Waals surface area contributed by atoms with Gasteiger partial charge in [-0.05, 0) is 52.0 Å². The van der Waals surface area contributed by atoms with Crippen LogP contribution in [0.4, 0.5) is 10.5 Å². The van der Waals surface area contributed by atoms with Gasteiger partial charge in [0.2, 0.25) is 5.91 Å². The van der Waals surface area contributed by atoms with Crippen molar-refractivity contribution in [2.45, 2.75) is 33.3 Å². The van der Waals surface area contributed by atoms with E-state index in [0.29, 0.717) is 17.8 Å². The second-order valence-electron chi connectivity index (χ2n) is 5.84. The van der Waals surface area contributed by atoms with E-state index in [1.54, 1.807) is 52.0 Å². The summed E-state index contributed by atoms with van der Waals surface area (Å²) in [6, 6.07) is 6.29. The fourth-order valence-corrected chi connectivity index (χ4v) is 1.65. The van der Waals surface area contributed by atoms with Gasteiger partial charge in [0, 0.05) is 17.8 Å². The first-order chi connectivity index (χ1) is 10.7. The lowest BCUT2D eigenvalue weighted by molar-refractivity contribution is -0.120. The van der Waals surface area contributed by atoms with Gasteiger partial charge in [0.1, 0.15) is 5.60 Å². The van der Waals surface area contributed by atoms with Crippen LogP contribution >= 0.6 is 0 Å². The van der Waals surface area contributed by atoms with Gasteiger partial charge in [-0.15, -0.1) is 0 Å². The predicted molar refractivity (Wildman–Crippen MR) is 87.3 cm³/mol. The molecule has 1 aromatic carbocycles. The number of hydrogen-bond donors (Lipinski definition) is 3. The maximum atomic E-state index is 11.9. The molecule has 0 aliphatic carbocycles. The van der Waals surface area contributed by atoms with Crippen LogP contribution in [0, 0.1) is 0 Å². The third kappa shape index (κ3) is 7.30. The molecule has 3 amide bonds. The van der Waals surface area contributed by atoms with E-state index < -0.39 is 11.7 Å². The summed E-state index contributed by atoms with van der Waals surface area (Å²) in [5.41, 5.74) is 0.326. The Hall–Kier alpha value is -2.57. The molecule has 0 aromatic heterocycles. The molecule has 1 aromatic rings. The second kappa shape index (κ2) is 8.17. The van der Waals surface area contributed by atoms with Crippen LogP contribution in [-0.4, -0.2) is 36.6 Å². The van der Waals surface area contributed by atoms with Gasteiger partial charge in [0.05, 0.1) is 6.54 Å². The van der Waals surface area contributed by atoms with Gasteiger partial charge in [-0.3, -0.25) is 14.9 Å². The van der Waals surface area contributed by atoms with Crippen LogP contribution in [0.1, 0.15) is 38.1 Å². The zero-order chi connectivity index (χ0) is 17.5. The van der Waals surface area contributed by atoms with Crippen LogP contribution in [-0.2, 0) is 9.53 Å². The summed E-state index contributed by atoms with van der Waals surface area (Å²) in [6.07, 6.45) is -0.564. The molecule has 0 saturated heterocycles. The Balaban J connectivity index is 2.54. The summed E-state index contributed by atoms with van der Waals surface area (Å²) in [7, 11) is 0. The van der Waals surface area contributed by atoms with Crippen LogP contribution in [0.15, 0.2) is 24.3 Å². The number of rotatable bonds is 5. The number of carbonyl (C=O) groups excluding carboxylic acids is 3.